The van der Waals surface area contributed by atoms with Gasteiger partial charge in [0, 0.05) is 24.3 Å². The van der Waals surface area contributed by atoms with Crippen LogP contribution in [0.3, 0.4) is 0 Å². The number of rotatable bonds is 6. The molecule has 0 N–H and O–H groups in total. The third-order valence-electron chi connectivity index (χ3n) is 5.63. The lowest BCUT2D eigenvalue weighted by molar-refractivity contribution is -0.129. The van der Waals surface area contributed by atoms with Crippen LogP contribution in [0.25, 0.3) is 0 Å². The highest BCUT2D eigenvalue weighted by molar-refractivity contribution is 6.06. The standard InChI is InChI=1S/C26H24F2N2O2/c27-22-10-6-20(7-11-22)18-30(26(32)21-4-3-5-23(28)17-21)24-12-8-19(9-13-24)16-25(31)29-14-1-2-15-29/h3-13,17H,1-2,14-16,18H2. The summed E-state index contributed by atoms with van der Waals surface area (Å²) in [7, 11) is 0. The van der Waals surface area contributed by atoms with Crippen molar-refractivity contribution in [1.29, 1.82) is 0 Å². The maximum absolute atomic E-state index is 13.7. The van der Waals surface area contributed by atoms with Gasteiger partial charge in [-0.2, -0.15) is 0 Å². The summed E-state index contributed by atoms with van der Waals surface area (Å²) < 4.78 is 27.0. The van der Waals surface area contributed by atoms with Crippen molar-refractivity contribution in [3.8, 4) is 0 Å². The first-order valence-electron chi connectivity index (χ1n) is 10.7. The van der Waals surface area contributed by atoms with Crippen molar-refractivity contribution in [1.82, 2.24) is 4.90 Å². The Hall–Kier alpha value is -3.54. The van der Waals surface area contributed by atoms with Crippen LogP contribution in [0, 0.1) is 11.6 Å². The zero-order chi connectivity index (χ0) is 22.5. The van der Waals surface area contributed by atoms with Crippen molar-refractivity contribution in [2.24, 2.45) is 0 Å². The minimum atomic E-state index is -0.492. The Morgan fingerprint density at radius 1 is 0.812 bits per heavy atom. The van der Waals surface area contributed by atoms with E-state index in [2.05, 4.69) is 0 Å². The van der Waals surface area contributed by atoms with Crippen molar-refractivity contribution in [2.45, 2.75) is 25.8 Å². The van der Waals surface area contributed by atoms with Crippen molar-refractivity contribution >= 4 is 17.5 Å². The monoisotopic (exact) mass is 434 g/mol. The summed E-state index contributed by atoms with van der Waals surface area (Å²) in [5.41, 5.74) is 2.44. The maximum atomic E-state index is 13.7. The minimum absolute atomic E-state index is 0.106. The highest BCUT2D eigenvalue weighted by atomic mass is 19.1. The molecule has 164 valence electrons. The molecule has 1 saturated heterocycles. The van der Waals surface area contributed by atoms with Crippen molar-refractivity contribution in [3.05, 3.63) is 101 Å². The summed E-state index contributed by atoms with van der Waals surface area (Å²) in [5, 5.41) is 0. The van der Waals surface area contributed by atoms with E-state index in [4.69, 9.17) is 0 Å². The van der Waals surface area contributed by atoms with Gasteiger partial charge in [0.25, 0.3) is 5.91 Å². The van der Waals surface area contributed by atoms with Crippen molar-refractivity contribution in [3.63, 3.8) is 0 Å². The largest absolute Gasteiger partial charge is 0.342 e. The van der Waals surface area contributed by atoms with Crippen LogP contribution >= 0.6 is 0 Å². The predicted molar refractivity (Wildman–Crippen MR) is 119 cm³/mol. The number of halogens is 2. The Bertz CT molecular complexity index is 1090. The van der Waals surface area contributed by atoms with Gasteiger partial charge < -0.3 is 9.80 Å². The topological polar surface area (TPSA) is 40.6 Å². The fourth-order valence-electron chi connectivity index (χ4n) is 3.88. The number of carbonyl (C=O) groups excluding carboxylic acids is 2. The van der Waals surface area contributed by atoms with Gasteiger partial charge in [-0.25, -0.2) is 8.78 Å². The van der Waals surface area contributed by atoms with Crippen LogP contribution in [-0.4, -0.2) is 29.8 Å². The molecule has 0 radical (unpaired) electrons. The van der Waals surface area contributed by atoms with Crippen LogP contribution in [-0.2, 0) is 17.8 Å². The lowest BCUT2D eigenvalue weighted by Gasteiger charge is -2.24. The smallest absolute Gasteiger partial charge is 0.258 e. The Kier molecular flexibility index (Phi) is 6.59. The summed E-state index contributed by atoms with van der Waals surface area (Å²) >= 11 is 0. The molecule has 0 spiro atoms. The van der Waals surface area contributed by atoms with E-state index in [1.54, 1.807) is 30.3 Å². The number of nitrogens with zero attached hydrogens (tertiary/aromatic N) is 2. The average Bonchev–Trinajstić information content (AvgIpc) is 3.34. The SMILES string of the molecule is O=C(Cc1ccc(N(Cc2ccc(F)cc2)C(=O)c2cccc(F)c2)cc1)N1CCCC1. The van der Waals surface area contributed by atoms with Crippen LogP contribution in [0.4, 0.5) is 14.5 Å². The number of amides is 2. The molecule has 0 aliphatic carbocycles. The molecule has 1 heterocycles. The molecule has 0 saturated carbocycles. The van der Waals surface area contributed by atoms with E-state index in [0.717, 1.165) is 37.1 Å². The molecule has 4 nitrogen and oxygen atoms in total. The second-order valence-corrected chi connectivity index (χ2v) is 7.96. The van der Waals surface area contributed by atoms with Crippen LogP contribution in [0.15, 0.2) is 72.8 Å². The number of likely N-dealkylation sites (tertiary alicyclic amines) is 1. The fourth-order valence-corrected chi connectivity index (χ4v) is 3.88. The number of benzene rings is 3. The van der Waals surface area contributed by atoms with Gasteiger partial charge in [-0.1, -0.05) is 30.3 Å². The normalized spacial score (nSPS) is 13.2. The Morgan fingerprint density at radius 2 is 1.47 bits per heavy atom. The molecule has 3 aromatic rings. The molecule has 2 amide bonds. The lowest BCUT2D eigenvalue weighted by Crippen LogP contribution is -2.30. The van der Waals surface area contributed by atoms with Gasteiger partial charge in [-0.15, -0.1) is 0 Å². The van der Waals surface area contributed by atoms with Gasteiger partial charge >= 0.3 is 0 Å². The van der Waals surface area contributed by atoms with Crippen molar-refractivity contribution in [2.75, 3.05) is 18.0 Å². The molecule has 6 heteroatoms. The van der Waals surface area contributed by atoms with Gasteiger partial charge in [0.1, 0.15) is 11.6 Å². The first kappa shape index (κ1) is 21.7. The Labute approximate surface area is 186 Å². The highest BCUT2D eigenvalue weighted by Gasteiger charge is 2.20. The molecule has 0 bridgehead atoms. The Balaban J connectivity index is 1.57. The molecular formula is C26H24F2N2O2. The molecule has 1 aliphatic rings. The maximum Gasteiger partial charge on any atom is 0.258 e. The van der Waals surface area contributed by atoms with E-state index in [1.165, 1.54) is 35.2 Å². The summed E-state index contributed by atoms with van der Waals surface area (Å²) in [6, 6.07) is 18.7. The summed E-state index contributed by atoms with van der Waals surface area (Å²) in [5.74, 6) is -1.11. The molecule has 4 rings (SSSR count). The van der Waals surface area contributed by atoms with Gasteiger partial charge in [0.05, 0.1) is 13.0 Å². The summed E-state index contributed by atoms with van der Waals surface area (Å²) in [6.45, 7) is 1.82. The first-order chi connectivity index (χ1) is 15.5. The summed E-state index contributed by atoms with van der Waals surface area (Å²) in [4.78, 5) is 29.1. The quantitative estimate of drug-likeness (QED) is 0.549. The molecule has 0 unspecified atom stereocenters. The molecule has 0 atom stereocenters. The van der Waals surface area contributed by atoms with E-state index >= 15 is 0 Å². The Morgan fingerprint density at radius 3 is 2.12 bits per heavy atom. The van der Waals surface area contributed by atoms with Crippen LogP contribution < -0.4 is 4.90 Å². The first-order valence-corrected chi connectivity index (χ1v) is 10.7. The van der Waals surface area contributed by atoms with E-state index in [9.17, 15) is 18.4 Å². The summed E-state index contributed by atoms with van der Waals surface area (Å²) in [6.07, 6.45) is 2.41. The predicted octanol–water partition coefficient (Wildman–Crippen LogP) is 4.98. The average molecular weight is 434 g/mol. The number of anilines is 1. The third kappa shape index (κ3) is 5.19. The number of hydrogen-bond acceptors (Lipinski definition) is 2. The molecule has 32 heavy (non-hydrogen) atoms. The molecular weight excluding hydrogens is 410 g/mol. The molecule has 1 fully saturated rings. The third-order valence-corrected chi connectivity index (χ3v) is 5.63. The van der Waals surface area contributed by atoms with Gasteiger partial charge in [0.15, 0.2) is 0 Å². The van der Waals surface area contributed by atoms with Crippen LogP contribution in [0.1, 0.15) is 34.3 Å². The highest BCUT2D eigenvalue weighted by Crippen LogP contribution is 2.22. The van der Waals surface area contributed by atoms with Crippen LogP contribution in [0.5, 0.6) is 0 Å². The minimum Gasteiger partial charge on any atom is -0.342 e. The van der Waals surface area contributed by atoms with Gasteiger partial charge in [-0.3, -0.25) is 9.59 Å². The number of hydrogen-bond donors (Lipinski definition) is 0. The zero-order valence-corrected chi connectivity index (χ0v) is 17.6. The lowest BCUT2D eigenvalue weighted by atomic mass is 10.1. The molecule has 1 aliphatic heterocycles. The second-order valence-electron chi connectivity index (χ2n) is 7.96. The van der Waals surface area contributed by atoms with Gasteiger partial charge in [0.2, 0.25) is 5.91 Å². The van der Waals surface area contributed by atoms with E-state index < -0.39 is 5.82 Å². The van der Waals surface area contributed by atoms with E-state index in [1.807, 2.05) is 17.0 Å². The number of carbonyl (C=O) groups is 2. The van der Waals surface area contributed by atoms with Gasteiger partial charge in [-0.05, 0) is 66.4 Å². The fraction of sp³-hybridized carbons (Fsp3) is 0.231. The van der Waals surface area contributed by atoms with E-state index in [0.29, 0.717) is 12.1 Å². The zero-order valence-electron chi connectivity index (χ0n) is 17.6. The van der Waals surface area contributed by atoms with Crippen LogP contribution in [0.2, 0.25) is 0 Å². The van der Waals surface area contributed by atoms with Crippen molar-refractivity contribution < 1.29 is 18.4 Å². The molecule has 0 aromatic heterocycles. The second kappa shape index (κ2) is 9.73. The van der Waals surface area contributed by atoms with E-state index in [-0.39, 0.29) is 29.7 Å². The molecule has 3 aromatic carbocycles.